The average molecular weight is 423 g/mol. The normalized spacial score (nSPS) is 28.6. The Bertz CT molecular complexity index is 870. The molecule has 0 bridgehead atoms. The Balaban J connectivity index is 1.44. The molecule has 0 unspecified atom stereocenters. The highest BCUT2D eigenvalue weighted by atomic mass is 32.2. The molecular formula is C20H26N2O6S. The fraction of sp³-hybridized carbons (Fsp3) is 0.650. The van der Waals surface area contributed by atoms with Crippen molar-refractivity contribution in [2.45, 2.75) is 51.1 Å². The number of hydrogen-bond acceptors (Lipinski definition) is 6. The van der Waals surface area contributed by atoms with E-state index in [4.69, 9.17) is 4.42 Å². The Morgan fingerprint density at radius 2 is 1.83 bits per heavy atom. The van der Waals surface area contributed by atoms with Crippen LogP contribution in [-0.4, -0.2) is 60.0 Å². The van der Waals surface area contributed by atoms with Crippen molar-refractivity contribution in [2.24, 2.45) is 11.8 Å². The van der Waals surface area contributed by atoms with Crippen LogP contribution in [0.15, 0.2) is 22.8 Å². The predicted octanol–water partition coefficient (Wildman–Crippen LogP) is 1.36. The molecule has 0 spiro atoms. The zero-order valence-electron chi connectivity index (χ0n) is 16.3. The van der Waals surface area contributed by atoms with Crippen LogP contribution in [0.3, 0.4) is 0 Å². The van der Waals surface area contributed by atoms with Crippen LogP contribution in [0.4, 0.5) is 0 Å². The zero-order chi connectivity index (χ0) is 20.6. The van der Waals surface area contributed by atoms with Gasteiger partial charge in [0, 0.05) is 19.0 Å². The predicted molar refractivity (Wildman–Crippen MR) is 103 cm³/mol. The van der Waals surface area contributed by atoms with Crippen LogP contribution in [0.5, 0.6) is 0 Å². The van der Waals surface area contributed by atoms with Crippen molar-refractivity contribution in [2.75, 3.05) is 18.1 Å². The lowest BCUT2D eigenvalue weighted by molar-refractivity contribution is -0.141. The minimum Gasteiger partial charge on any atom is -0.467 e. The molecular weight excluding hydrogens is 396 g/mol. The van der Waals surface area contributed by atoms with Gasteiger partial charge in [0.2, 0.25) is 17.7 Å². The van der Waals surface area contributed by atoms with Crippen molar-refractivity contribution in [1.29, 1.82) is 0 Å². The van der Waals surface area contributed by atoms with Gasteiger partial charge in [-0.1, -0.05) is 12.8 Å². The maximum absolute atomic E-state index is 13.0. The number of amides is 3. The molecule has 2 aliphatic heterocycles. The van der Waals surface area contributed by atoms with Crippen molar-refractivity contribution < 1.29 is 27.2 Å². The molecule has 3 heterocycles. The number of sulfone groups is 1. The Labute approximate surface area is 170 Å². The minimum absolute atomic E-state index is 0.00578. The number of furan rings is 1. The molecule has 3 atom stereocenters. The van der Waals surface area contributed by atoms with E-state index in [1.807, 2.05) is 0 Å². The summed E-state index contributed by atoms with van der Waals surface area (Å²) in [6.45, 7) is 0.233. The van der Waals surface area contributed by atoms with Crippen LogP contribution >= 0.6 is 0 Å². The van der Waals surface area contributed by atoms with Crippen LogP contribution in [-0.2, 0) is 30.8 Å². The molecule has 3 fully saturated rings. The van der Waals surface area contributed by atoms with E-state index in [2.05, 4.69) is 0 Å². The van der Waals surface area contributed by atoms with E-state index >= 15 is 0 Å². The Hall–Kier alpha value is -2.16. The van der Waals surface area contributed by atoms with Gasteiger partial charge in [-0.2, -0.15) is 0 Å². The molecule has 3 amide bonds. The van der Waals surface area contributed by atoms with E-state index in [1.165, 1.54) is 16.1 Å². The molecule has 1 saturated carbocycles. The van der Waals surface area contributed by atoms with Gasteiger partial charge in [0.05, 0.1) is 36.1 Å². The van der Waals surface area contributed by atoms with Crippen molar-refractivity contribution in [1.82, 2.24) is 9.80 Å². The first-order chi connectivity index (χ1) is 13.9. The highest BCUT2D eigenvalue weighted by Crippen LogP contribution is 2.38. The summed E-state index contributed by atoms with van der Waals surface area (Å²) in [5.74, 6) is -0.476. The third-order valence-electron chi connectivity index (χ3n) is 6.36. The third kappa shape index (κ3) is 4.10. The topological polar surface area (TPSA) is 105 Å². The van der Waals surface area contributed by atoms with E-state index in [-0.39, 0.29) is 60.6 Å². The molecule has 29 heavy (non-hydrogen) atoms. The van der Waals surface area contributed by atoms with Gasteiger partial charge < -0.3 is 9.32 Å². The summed E-state index contributed by atoms with van der Waals surface area (Å²) >= 11 is 0. The second-order valence-corrected chi connectivity index (χ2v) is 10.5. The second-order valence-electron chi connectivity index (χ2n) is 8.23. The third-order valence-corrected chi connectivity index (χ3v) is 8.11. The van der Waals surface area contributed by atoms with E-state index < -0.39 is 15.9 Å². The SMILES string of the molecule is O=C1[C@H]2CCCC[C@H]2C(=O)N1CCC(=O)N(Cc1ccco1)[C@@H]1CCS(=O)(=O)C1. The summed E-state index contributed by atoms with van der Waals surface area (Å²) < 4.78 is 29.2. The summed E-state index contributed by atoms with van der Waals surface area (Å²) in [5.41, 5.74) is 0. The van der Waals surface area contributed by atoms with E-state index in [1.54, 1.807) is 12.1 Å². The molecule has 0 radical (unpaired) electrons. The van der Waals surface area contributed by atoms with Crippen molar-refractivity contribution >= 4 is 27.6 Å². The molecule has 1 aromatic heterocycles. The molecule has 9 heteroatoms. The number of carbonyl (C=O) groups excluding carboxylic acids is 3. The fourth-order valence-electron chi connectivity index (χ4n) is 4.81. The molecule has 158 valence electrons. The van der Waals surface area contributed by atoms with Crippen molar-refractivity contribution in [3.05, 3.63) is 24.2 Å². The van der Waals surface area contributed by atoms with Gasteiger partial charge in [0.25, 0.3) is 0 Å². The summed E-state index contributed by atoms with van der Waals surface area (Å²) in [4.78, 5) is 41.0. The highest BCUT2D eigenvalue weighted by molar-refractivity contribution is 7.91. The van der Waals surface area contributed by atoms with Gasteiger partial charge in [0.15, 0.2) is 9.84 Å². The number of hydrogen-bond donors (Lipinski definition) is 0. The monoisotopic (exact) mass is 422 g/mol. The lowest BCUT2D eigenvalue weighted by Gasteiger charge is -2.28. The first-order valence-electron chi connectivity index (χ1n) is 10.2. The smallest absolute Gasteiger partial charge is 0.233 e. The Morgan fingerprint density at radius 1 is 1.14 bits per heavy atom. The van der Waals surface area contributed by atoms with Crippen LogP contribution in [0.1, 0.15) is 44.3 Å². The molecule has 1 aliphatic carbocycles. The lowest BCUT2D eigenvalue weighted by atomic mass is 9.81. The molecule has 1 aromatic rings. The van der Waals surface area contributed by atoms with E-state index in [0.717, 1.165) is 25.7 Å². The molecule has 8 nitrogen and oxygen atoms in total. The number of nitrogens with zero attached hydrogens (tertiary/aromatic N) is 2. The molecule has 2 saturated heterocycles. The number of fused-ring (bicyclic) bond motifs is 1. The molecule has 3 aliphatic rings. The van der Waals surface area contributed by atoms with E-state index in [0.29, 0.717) is 12.2 Å². The quantitative estimate of drug-likeness (QED) is 0.641. The largest absolute Gasteiger partial charge is 0.467 e. The van der Waals surface area contributed by atoms with Crippen LogP contribution in [0.25, 0.3) is 0 Å². The molecule has 0 N–H and O–H groups in total. The van der Waals surface area contributed by atoms with Crippen LogP contribution in [0.2, 0.25) is 0 Å². The Morgan fingerprint density at radius 3 is 2.38 bits per heavy atom. The summed E-state index contributed by atoms with van der Waals surface area (Å²) in [5, 5.41) is 0. The van der Waals surface area contributed by atoms with Gasteiger partial charge in [-0.05, 0) is 31.4 Å². The van der Waals surface area contributed by atoms with Crippen molar-refractivity contribution in [3.63, 3.8) is 0 Å². The zero-order valence-corrected chi connectivity index (χ0v) is 17.1. The lowest BCUT2D eigenvalue weighted by Crippen LogP contribution is -2.42. The minimum atomic E-state index is -3.16. The number of imide groups is 1. The van der Waals surface area contributed by atoms with Crippen LogP contribution < -0.4 is 0 Å². The first-order valence-corrected chi connectivity index (χ1v) is 12.1. The first kappa shape index (κ1) is 20.1. The summed E-state index contributed by atoms with van der Waals surface area (Å²) in [6.07, 6.45) is 5.29. The van der Waals surface area contributed by atoms with Gasteiger partial charge in [-0.15, -0.1) is 0 Å². The van der Waals surface area contributed by atoms with Gasteiger partial charge in [-0.25, -0.2) is 8.42 Å². The van der Waals surface area contributed by atoms with Gasteiger partial charge in [-0.3, -0.25) is 19.3 Å². The second kappa shape index (κ2) is 7.93. The standard InChI is InChI=1S/C20H26N2O6S/c23-18(7-9-21-19(24)16-5-1-2-6-17(16)20(21)25)22(12-15-4-3-10-28-15)14-8-11-29(26,27)13-14/h3-4,10,14,16-17H,1-2,5-9,11-13H2/t14-,16-,17+/m1/s1. The maximum atomic E-state index is 13.0. The number of likely N-dealkylation sites (tertiary alicyclic amines) is 1. The maximum Gasteiger partial charge on any atom is 0.233 e. The molecule has 4 rings (SSSR count). The summed E-state index contributed by atoms with van der Waals surface area (Å²) in [7, 11) is -3.16. The summed E-state index contributed by atoms with van der Waals surface area (Å²) in [6, 6.07) is 3.04. The Kier molecular flexibility index (Phi) is 5.50. The van der Waals surface area contributed by atoms with Crippen LogP contribution in [0, 0.1) is 11.8 Å². The fourth-order valence-corrected chi connectivity index (χ4v) is 6.55. The average Bonchev–Trinajstić information content (AvgIpc) is 3.39. The number of rotatable bonds is 6. The van der Waals surface area contributed by atoms with Gasteiger partial charge in [0.1, 0.15) is 5.76 Å². The van der Waals surface area contributed by atoms with Gasteiger partial charge >= 0.3 is 0 Å². The molecule has 0 aromatic carbocycles. The van der Waals surface area contributed by atoms with Crippen molar-refractivity contribution in [3.8, 4) is 0 Å². The van der Waals surface area contributed by atoms with E-state index in [9.17, 15) is 22.8 Å². The number of carbonyl (C=O) groups is 3. The highest BCUT2D eigenvalue weighted by Gasteiger charge is 2.48.